The van der Waals surface area contributed by atoms with Gasteiger partial charge in [-0.1, -0.05) is 15.8 Å². The summed E-state index contributed by atoms with van der Waals surface area (Å²) in [6, 6.07) is -1.53. The highest BCUT2D eigenvalue weighted by Gasteiger charge is 2.43. The van der Waals surface area contributed by atoms with E-state index < -0.39 is 50.7 Å². The fourth-order valence-corrected chi connectivity index (χ4v) is 4.96. The van der Waals surface area contributed by atoms with Gasteiger partial charge in [-0.15, -0.1) is 16.4 Å². The van der Waals surface area contributed by atoms with Crippen LogP contribution in [0.25, 0.3) is 11.5 Å². The number of β-lactam (4-membered cyclic amide) rings is 1. The number of anilines is 1. The van der Waals surface area contributed by atoms with Gasteiger partial charge < -0.3 is 31.5 Å². The number of aromatic hydroxyl groups is 1. The minimum atomic E-state index is -4.96. The minimum absolute atomic E-state index is 0. The predicted molar refractivity (Wildman–Crippen MR) is 158 cm³/mol. The van der Waals surface area contributed by atoms with Gasteiger partial charge in [0.15, 0.2) is 33.8 Å². The second-order valence-electron chi connectivity index (χ2n) is 9.81. The van der Waals surface area contributed by atoms with Gasteiger partial charge in [-0.3, -0.25) is 23.9 Å². The number of allylic oxidation sites excluding steroid dienone is 1. The van der Waals surface area contributed by atoms with Crippen molar-refractivity contribution in [1.82, 2.24) is 38.7 Å². The number of H-pyrrole nitrogens is 1. The number of nitrogens with two attached hydrogens (primary N) is 1. The Kier molecular flexibility index (Phi) is 9.36. The molecular weight excluding hydrogens is 640 g/mol. The number of aromatic amines is 1. The van der Waals surface area contributed by atoms with Crippen molar-refractivity contribution < 1.29 is 38.2 Å². The van der Waals surface area contributed by atoms with Gasteiger partial charge in [0.1, 0.15) is 11.7 Å². The Labute approximate surface area is 257 Å². The molecule has 4 heterocycles. The number of aromatic nitrogens is 5. The molecule has 1 aliphatic heterocycles. The summed E-state index contributed by atoms with van der Waals surface area (Å²) in [5, 5.41) is 21.6. The molecule has 20 nitrogen and oxygen atoms in total. The Bertz CT molecular complexity index is 1950. The monoisotopic (exact) mass is 668 g/mol. The van der Waals surface area contributed by atoms with Gasteiger partial charge in [-0.05, 0) is 20.8 Å². The van der Waals surface area contributed by atoms with Crippen molar-refractivity contribution in [3.05, 3.63) is 56.3 Å². The number of Topliss-reactive ketones (excluding diaryl/α,β-unsaturated/α-hetero) is 1. The Hall–Kier alpha value is -5.35. The number of likely N-dealkylation sites (tertiary alicyclic amines) is 1. The van der Waals surface area contributed by atoms with Crippen LogP contribution in [0.1, 0.15) is 26.5 Å². The second-order valence-corrected chi connectivity index (χ2v) is 12.2. The number of nitrogens with one attached hydrogen (secondary N) is 3. The third kappa shape index (κ3) is 6.76. The van der Waals surface area contributed by atoms with Gasteiger partial charge in [-0.25, -0.2) is 19.3 Å². The third-order valence-corrected chi connectivity index (χ3v) is 8.12. The van der Waals surface area contributed by atoms with Crippen LogP contribution < -0.4 is 26.9 Å². The van der Waals surface area contributed by atoms with E-state index in [1.165, 1.54) is 20.8 Å². The molecule has 3 amide bonds. The number of urea groups is 1. The molecule has 0 bridgehead atoms. The number of nitrogen functional groups attached to an aromatic ring is 1. The van der Waals surface area contributed by atoms with Crippen LogP contribution in [0.2, 0.25) is 0 Å². The highest BCUT2D eigenvalue weighted by atomic mass is 32.2. The molecule has 0 saturated carbocycles. The molecule has 3 aromatic rings. The van der Waals surface area contributed by atoms with E-state index in [2.05, 4.69) is 32.1 Å². The van der Waals surface area contributed by atoms with Crippen LogP contribution in [0, 0.1) is 0 Å². The number of carbonyl (C=O) groups is 3. The molecule has 0 radical (unpaired) electrons. The number of oxime groups is 1. The Morgan fingerprint density at radius 1 is 1.31 bits per heavy atom. The number of imide groups is 1. The number of hydrogen-bond acceptors (Lipinski definition) is 15. The van der Waals surface area contributed by atoms with E-state index in [-0.39, 0.29) is 55.6 Å². The van der Waals surface area contributed by atoms with Crippen molar-refractivity contribution in [3.63, 3.8) is 0 Å². The van der Waals surface area contributed by atoms with E-state index in [9.17, 15) is 37.5 Å². The first-order valence-electron chi connectivity index (χ1n) is 12.3. The summed E-state index contributed by atoms with van der Waals surface area (Å²) < 4.78 is 28.0. The highest BCUT2D eigenvalue weighted by molar-refractivity contribution is 7.88. The van der Waals surface area contributed by atoms with Crippen molar-refractivity contribution in [2.75, 3.05) is 12.3 Å². The normalized spacial score (nSPS) is 15.1. The summed E-state index contributed by atoms with van der Waals surface area (Å²) in [6.07, 6.45) is 0.924. The smallest absolute Gasteiger partial charge is 0.361 e. The fourth-order valence-electron chi connectivity index (χ4n) is 3.48. The van der Waals surface area contributed by atoms with Crippen LogP contribution >= 0.6 is 11.3 Å². The molecule has 22 heteroatoms. The first-order valence-corrected chi connectivity index (χ1v) is 14.7. The first-order chi connectivity index (χ1) is 20.4. The van der Waals surface area contributed by atoms with Crippen LogP contribution in [-0.4, -0.2) is 89.2 Å². The van der Waals surface area contributed by atoms with Crippen molar-refractivity contribution in [2.24, 2.45) is 12.2 Å². The van der Waals surface area contributed by atoms with Crippen LogP contribution in [0.5, 0.6) is 5.75 Å². The zero-order valence-electron chi connectivity index (χ0n) is 24.0. The van der Waals surface area contributed by atoms with E-state index >= 15 is 0 Å². The standard InChI is InChI=1S/C23H26N10O9S2.H2O/c1-10(17(14-9-43-20(24)27-14)29-42-23(3,4)11(2)34)26-13-8-32(19(13)37)21(38)30-44(40,41)33-22(39)31(5)18(28-33)12-6-15(35)16(36)7-25-12;/h6-7,9,13,26,36H,1,8H2,2-5H3,(H2,24,27)(H,25,35)(H,30,38);1H2/b29-17-;/t13-;/m0./s1. The van der Waals surface area contributed by atoms with Crippen molar-refractivity contribution in [3.8, 4) is 17.3 Å². The summed E-state index contributed by atoms with van der Waals surface area (Å²) in [6.45, 7) is 7.82. The lowest BCUT2D eigenvalue weighted by molar-refractivity contribution is -0.139. The topological polar surface area (TPSA) is 298 Å². The van der Waals surface area contributed by atoms with Gasteiger partial charge in [0.05, 0.1) is 17.9 Å². The first kappa shape index (κ1) is 34.1. The molecule has 0 spiro atoms. The van der Waals surface area contributed by atoms with E-state index in [0.717, 1.165) is 35.2 Å². The number of hydrogen-bond donors (Lipinski definition) is 5. The van der Waals surface area contributed by atoms with Crippen LogP contribution in [0.15, 0.2) is 44.7 Å². The third-order valence-electron chi connectivity index (χ3n) is 6.32. The zero-order valence-corrected chi connectivity index (χ0v) is 25.6. The van der Waals surface area contributed by atoms with Gasteiger partial charge in [0.25, 0.3) is 5.91 Å². The van der Waals surface area contributed by atoms with Gasteiger partial charge in [-0.2, -0.15) is 8.42 Å². The molecule has 1 fully saturated rings. The van der Waals surface area contributed by atoms with Crippen molar-refractivity contribution in [1.29, 1.82) is 0 Å². The lowest BCUT2D eigenvalue weighted by atomic mass is 10.1. The average Bonchev–Trinajstić information content (AvgIpc) is 3.50. The molecule has 0 unspecified atom stereocenters. The molecule has 3 aromatic heterocycles. The summed E-state index contributed by atoms with van der Waals surface area (Å²) in [5.41, 5.74) is 2.58. The maximum atomic E-state index is 12.8. The summed E-state index contributed by atoms with van der Waals surface area (Å²) in [4.78, 5) is 74.2. The number of rotatable bonds is 10. The number of thiazole rings is 1. The van der Waals surface area contributed by atoms with Crippen LogP contribution in [-0.2, 0) is 31.7 Å². The zero-order chi connectivity index (χ0) is 32.7. The molecule has 1 aliphatic rings. The van der Waals surface area contributed by atoms with E-state index in [1.807, 2.05) is 0 Å². The quantitative estimate of drug-likeness (QED) is 0.0868. The highest BCUT2D eigenvalue weighted by Crippen LogP contribution is 2.20. The van der Waals surface area contributed by atoms with E-state index in [4.69, 9.17) is 10.6 Å². The summed E-state index contributed by atoms with van der Waals surface area (Å²) in [7, 11) is -3.80. The molecule has 1 atom stereocenters. The molecule has 8 N–H and O–H groups in total. The lowest BCUT2D eigenvalue weighted by Gasteiger charge is -2.37. The second kappa shape index (κ2) is 12.3. The average molecular weight is 669 g/mol. The Morgan fingerprint density at radius 3 is 2.53 bits per heavy atom. The number of nitrogens with zero attached hydrogens (tertiary/aromatic N) is 6. The molecule has 45 heavy (non-hydrogen) atoms. The van der Waals surface area contributed by atoms with Gasteiger partial charge >= 0.3 is 21.9 Å². The molecule has 0 aliphatic carbocycles. The molecule has 242 valence electrons. The molecule has 0 aromatic carbocycles. The number of ketones is 1. The Balaban J connectivity index is 0.00000552. The van der Waals surface area contributed by atoms with Crippen LogP contribution in [0.4, 0.5) is 9.93 Å². The largest absolute Gasteiger partial charge is 0.503 e. The lowest BCUT2D eigenvalue weighted by Crippen LogP contribution is -2.67. The predicted octanol–water partition coefficient (Wildman–Crippen LogP) is -2.24. The van der Waals surface area contributed by atoms with E-state index in [0.29, 0.717) is 4.90 Å². The van der Waals surface area contributed by atoms with E-state index in [1.54, 1.807) is 10.1 Å². The summed E-state index contributed by atoms with van der Waals surface area (Å²) >= 11 is 1.09. The summed E-state index contributed by atoms with van der Waals surface area (Å²) in [5.74, 6) is -2.09. The maximum Gasteiger partial charge on any atom is 0.361 e. The molecule has 4 rings (SSSR count). The van der Waals surface area contributed by atoms with Gasteiger partial charge in [0.2, 0.25) is 5.43 Å². The number of pyridine rings is 1. The van der Waals surface area contributed by atoms with Crippen molar-refractivity contribution >= 4 is 50.1 Å². The number of amides is 3. The minimum Gasteiger partial charge on any atom is -0.503 e. The van der Waals surface area contributed by atoms with Crippen LogP contribution in [0.3, 0.4) is 0 Å². The Morgan fingerprint density at radius 2 is 1.98 bits per heavy atom. The molecular formula is C23H28N10O10S2. The van der Waals surface area contributed by atoms with Crippen molar-refractivity contribution in [2.45, 2.75) is 32.4 Å². The van der Waals surface area contributed by atoms with Gasteiger partial charge in [0, 0.05) is 24.7 Å². The SMILES string of the molecule is C=C(N[C@H]1CN(C(=O)NS(=O)(=O)n2nc(-c3cc(=O)c(O)c[nH]3)n(C)c2=O)C1=O)/C(=N/OC(C)(C)C(C)=O)c1csc(N)n1.O. The fraction of sp³-hybridized carbons (Fsp3) is 0.304. The molecule has 1 saturated heterocycles. The number of carbonyl (C=O) groups excluding carboxylic acids is 3. The maximum absolute atomic E-state index is 12.8.